The zero-order valence-corrected chi connectivity index (χ0v) is 7.29. The van der Waals surface area contributed by atoms with E-state index in [9.17, 15) is 9.59 Å². The molecule has 0 saturated heterocycles. The number of hydrogen-bond donors (Lipinski definition) is 4. The van der Waals surface area contributed by atoms with Crippen molar-refractivity contribution in [3.8, 4) is 0 Å². The van der Waals surface area contributed by atoms with Gasteiger partial charge >= 0.3 is 11.9 Å². The van der Waals surface area contributed by atoms with Crippen molar-refractivity contribution in [2.45, 2.75) is 18.6 Å². The van der Waals surface area contributed by atoms with E-state index in [0.29, 0.717) is 0 Å². The van der Waals surface area contributed by atoms with Gasteiger partial charge in [-0.05, 0) is 0 Å². The molecular formula is C7H12O7. The Hall–Kier alpha value is -1.18. The molecule has 0 aliphatic rings. The van der Waals surface area contributed by atoms with Crippen molar-refractivity contribution in [3.63, 3.8) is 0 Å². The molecule has 82 valence electrons. The third-order valence-electron chi connectivity index (χ3n) is 1.41. The van der Waals surface area contributed by atoms with Crippen molar-refractivity contribution in [1.82, 2.24) is 0 Å². The average molecular weight is 208 g/mol. The molecule has 0 aromatic rings. The maximum atomic E-state index is 10.3. The molecule has 7 nitrogen and oxygen atoms in total. The highest BCUT2D eigenvalue weighted by Gasteiger charge is 2.23. The smallest absolute Gasteiger partial charge is 0.329 e. The Morgan fingerprint density at radius 2 is 1.79 bits per heavy atom. The highest BCUT2D eigenvalue weighted by molar-refractivity contribution is 5.69. The fourth-order valence-corrected chi connectivity index (χ4v) is 0.774. The molecule has 0 rings (SSSR count). The first-order chi connectivity index (χ1) is 6.47. The van der Waals surface area contributed by atoms with Crippen LogP contribution in [0.25, 0.3) is 0 Å². The summed E-state index contributed by atoms with van der Waals surface area (Å²) in [6.07, 6.45) is -3.17. The van der Waals surface area contributed by atoms with Crippen molar-refractivity contribution < 1.29 is 34.8 Å². The van der Waals surface area contributed by atoms with Gasteiger partial charge in [-0.1, -0.05) is 0 Å². The minimum Gasteiger partial charge on any atom is -0.481 e. The van der Waals surface area contributed by atoms with Gasteiger partial charge in [0.25, 0.3) is 0 Å². The van der Waals surface area contributed by atoms with E-state index in [-0.39, 0.29) is 0 Å². The van der Waals surface area contributed by atoms with Gasteiger partial charge in [-0.3, -0.25) is 4.79 Å². The molecule has 7 heteroatoms. The number of rotatable bonds is 7. The van der Waals surface area contributed by atoms with Gasteiger partial charge in [-0.2, -0.15) is 0 Å². The molecular weight excluding hydrogens is 196 g/mol. The van der Waals surface area contributed by atoms with Crippen LogP contribution in [0.1, 0.15) is 6.42 Å². The lowest BCUT2D eigenvalue weighted by Crippen LogP contribution is -2.35. The number of carboxylic acids is 2. The van der Waals surface area contributed by atoms with Gasteiger partial charge in [-0.15, -0.1) is 0 Å². The molecule has 0 fully saturated rings. The molecule has 0 heterocycles. The van der Waals surface area contributed by atoms with Crippen molar-refractivity contribution >= 4 is 11.9 Å². The van der Waals surface area contributed by atoms with E-state index in [1.54, 1.807) is 0 Å². The molecule has 0 spiro atoms. The van der Waals surface area contributed by atoms with Crippen molar-refractivity contribution in [3.05, 3.63) is 0 Å². The normalized spacial score (nSPS) is 14.7. The van der Waals surface area contributed by atoms with Gasteiger partial charge in [0.1, 0.15) is 12.7 Å². The van der Waals surface area contributed by atoms with Crippen LogP contribution in [0.5, 0.6) is 0 Å². The van der Waals surface area contributed by atoms with Crippen LogP contribution >= 0.6 is 0 Å². The minimum atomic E-state index is -1.40. The van der Waals surface area contributed by atoms with Crippen LogP contribution in [0.15, 0.2) is 0 Å². The summed E-state index contributed by atoms with van der Waals surface area (Å²) in [5.74, 6) is -2.52. The number of aliphatic hydroxyl groups excluding tert-OH is 2. The second kappa shape index (κ2) is 6.30. The van der Waals surface area contributed by atoms with E-state index in [0.717, 1.165) is 0 Å². The van der Waals surface area contributed by atoms with Crippen molar-refractivity contribution in [2.75, 3.05) is 13.2 Å². The van der Waals surface area contributed by atoms with Crippen LogP contribution in [0.2, 0.25) is 0 Å². The Morgan fingerprint density at radius 1 is 1.21 bits per heavy atom. The third kappa shape index (κ3) is 5.46. The fourth-order valence-electron chi connectivity index (χ4n) is 0.774. The predicted molar refractivity (Wildman–Crippen MR) is 42.7 cm³/mol. The number of hydrogen-bond acceptors (Lipinski definition) is 5. The topological polar surface area (TPSA) is 124 Å². The molecule has 0 bridgehead atoms. The van der Waals surface area contributed by atoms with Gasteiger partial charge in [0.15, 0.2) is 0 Å². The summed E-state index contributed by atoms with van der Waals surface area (Å²) in [4.78, 5) is 20.3. The molecule has 2 atom stereocenters. The zero-order chi connectivity index (χ0) is 11.1. The Morgan fingerprint density at radius 3 is 2.14 bits per heavy atom. The second-order valence-corrected chi connectivity index (χ2v) is 2.59. The number of aliphatic carboxylic acids is 2. The molecule has 0 aromatic carbocycles. The van der Waals surface area contributed by atoms with Crippen LogP contribution in [0.3, 0.4) is 0 Å². The quantitative estimate of drug-likeness (QED) is 0.392. The van der Waals surface area contributed by atoms with Crippen molar-refractivity contribution in [2.24, 2.45) is 0 Å². The molecule has 2 unspecified atom stereocenters. The Labute approximate surface area is 79.5 Å². The van der Waals surface area contributed by atoms with Gasteiger partial charge in [0.05, 0.1) is 19.1 Å². The Kier molecular flexibility index (Phi) is 5.77. The monoisotopic (exact) mass is 208 g/mol. The zero-order valence-electron chi connectivity index (χ0n) is 7.29. The summed E-state index contributed by atoms with van der Waals surface area (Å²) in [5.41, 5.74) is 0. The molecule has 0 saturated carbocycles. The lowest BCUT2D eigenvalue weighted by Gasteiger charge is -2.18. The SMILES string of the molecule is O=C(O)COC(CC(=O)O)C(O)CO. The summed E-state index contributed by atoms with van der Waals surface area (Å²) in [5, 5.41) is 34.2. The van der Waals surface area contributed by atoms with Gasteiger partial charge in [0.2, 0.25) is 0 Å². The van der Waals surface area contributed by atoms with E-state index in [4.69, 9.17) is 20.4 Å². The largest absolute Gasteiger partial charge is 0.481 e. The van der Waals surface area contributed by atoms with Crippen LogP contribution < -0.4 is 0 Å². The summed E-state index contributed by atoms with van der Waals surface area (Å²) in [6, 6.07) is 0. The first kappa shape index (κ1) is 12.8. The lowest BCUT2D eigenvalue weighted by molar-refractivity contribution is -0.154. The molecule has 4 N–H and O–H groups in total. The van der Waals surface area contributed by atoms with E-state index in [1.165, 1.54) is 0 Å². The molecule has 14 heavy (non-hydrogen) atoms. The maximum Gasteiger partial charge on any atom is 0.329 e. The lowest BCUT2D eigenvalue weighted by atomic mass is 10.1. The van der Waals surface area contributed by atoms with E-state index < -0.39 is 43.8 Å². The third-order valence-corrected chi connectivity index (χ3v) is 1.41. The average Bonchev–Trinajstić information content (AvgIpc) is 2.10. The molecule has 0 aliphatic heterocycles. The minimum absolute atomic E-state index is 0.561. The van der Waals surface area contributed by atoms with Crippen molar-refractivity contribution in [1.29, 1.82) is 0 Å². The first-order valence-corrected chi connectivity index (χ1v) is 3.81. The van der Waals surface area contributed by atoms with E-state index >= 15 is 0 Å². The van der Waals surface area contributed by atoms with Crippen LogP contribution in [0, 0.1) is 0 Å². The molecule has 0 aromatic heterocycles. The molecule has 0 aliphatic carbocycles. The van der Waals surface area contributed by atoms with E-state index in [1.807, 2.05) is 0 Å². The number of carbonyl (C=O) groups is 2. The summed E-state index contributed by atoms with van der Waals surface area (Å²) in [6.45, 7) is -1.40. The summed E-state index contributed by atoms with van der Waals surface area (Å²) < 4.78 is 4.58. The number of aliphatic hydroxyl groups is 2. The summed E-state index contributed by atoms with van der Waals surface area (Å²) >= 11 is 0. The Bertz CT molecular complexity index is 202. The van der Waals surface area contributed by atoms with Gasteiger partial charge < -0.3 is 25.2 Å². The summed E-state index contributed by atoms with van der Waals surface area (Å²) in [7, 11) is 0. The highest BCUT2D eigenvalue weighted by atomic mass is 16.5. The predicted octanol–water partition coefficient (Wildman–Crippen LogP) is -1.72. The fraction of sp³-hybridized carbons (Fsp3) is 0.714. The standard InChI is InChI=1S/C7H12O7/c8-2-4(9)5(1-6(10)11)14-3-7(12)13/h4-5,8-9H,1-3H2,(H,10,11)(H,12,13). The first-order valence-electron chi connectivity index (χ1n) is 3.81. The molecule has 0 radical (unpaired) electrons. The van der Waals surface area contributed by atoms with Gasteiger partial charge in [-0.25, -0.2) is 4.79 Å². The van der Waals surface area contributed by atoms with E-state index in [2.05, 4.69) is 4.74 Å². The Balaban J connectivity index is 4.09. The van der Waals surface area contributed by atoms with Crippen LogP contribution in [-0.4, -0.2) is 57.8 Å². The highest BCUT2D eigenvalue weighted by Crippen LogP contribution is 2.04. The number of carboxylic acid groups (broad SMARTS) is 2. The molecule has 0 amide bonds. The van der Waals surface area contributed by atoms with Crippen LogP contribution in [0.4, 0.5) is 0 Å². The second-order valence-electron chi connectivity index (χ2n) is 2.59. The van der Waals surface area contributed by atoms with Gasteiger partial charge in [0, 0.05) is 0 Å². The maximum absolute atomic E-state index is 10.3. The van der Waals surface area contributed by atoms with Crippen LogP contribution in [-0.2, 0) is 14.3 Å². The number of ether oxygens (including phenoxy) is 1.